The molecule has 4 heterocycles. The van der Waals surface area contributed by atoms with E-state index in [1.807, 2.05) is 34.0 Å². The van der Waals surface area contributed by atoms with E-state index in [9.17, 15) is 4.79 Å². The Morgan fingerprint density at radius 3 is 2.96 bits per heavy atom. The zero-order chi connectivity index (χ0) is 16.4. The van der Waals surface area contributed by atoms with Crippen LogP contribution in [-0.4, -0.2) is 54.2 Å². The first-order chi connectivity index (χ1) is 11.8. The lowest BCUT2D eigenvalue weighted by Crippen LogP contribution is -2.51. The fourth-order valence-electron chi connectivity index (χ4n) is 3.70. The van der Waals surface area contributed by atoms with Gasteiger partial charge in [-0.2, -0.15) is 11.3 Å². The Labute approximate surface area is 145 Å². The van der Waals surface area contributed by atoms with Crippen LogP contribution in [0.25, 0.3) is 0 Å². The smallest absolute Gasteiger partial charge is 0.254 e. The average molecular weight is 343 g/mol. The maximum Gasteiger partial charge on any atom is 0.254 e. The Hall–Kier alpha value is -1.92. The molecule has 0 unspecified atom stereocenters. The molecule has 0 aromatic carbocycles. The van der Waals surface area contributed by atoms with Gasteiger partial charge in [0.05, 0.1) is 36.2 Å². The third-order valence-corrected chi connectivity index (χ3v) is 5.59. The number of carbonyl (C=O) groups is 1. The number of ether oxygens (including phenoxy) is 1. The number of amides is 1. The minimum absolute atomic E-state index is 0.142. The highest BCUT2D eigenvalue weighted by molar-refractivity contribution is 7.08. The number of aromatic nitrogens is 1. The number of pyridine rings is 1. The predicted octanol–water partition coefficient (Wildman–Crippen LogP) is 2.65. The summed E-state index contributed by atoms with van der Waals surface area (Å²) in [4.78, 5) is 21.3. The lowest BCUT2D eigenvalue weighted by molar-refractivity contribution is 0.00907. The van der Waals surface area contributed by atoms with Gasteiger partial charge in [0.2, 0.25) is 0 Å². The molecule has 0 saturated carbocycles. The number of morpholine rings is 1. The van der Waals surface area contributed by atoms with Crippen LogP contribution in [0.1, 0.15) is 23.2 Å². The first kappa shape index (κ1) is 15.6. The van der Waals surface area contributed by atoms with Crippen molar-refractivity contribution in [2.75, 3.05) is 31.1 Å². The van der Waals surface area contributed by atoms with E-state index in [0.29, 0.717) is 6.04 Å². The summed E-state index contributed by atoms with van der Waals surface area (Å²) in [5.74, 6) is 0.142. The van der Waals surface area contributed by atoms with Gasteiger partial charge in [0.1, 0.15) is 0 Å². The quantitative estimate of drug-likeness (QED) is 0.841. The number of hydrogen-bond donors (Lipinski definition) is 0. The summed E-state index contributed by atoms with van der Waals surface area (Å²) < 4.78 is 6.03. The zero-order valence-corrected chi connectivity index (χ0v) is 14.3. The van der Waals surface area contributed by atoms with E-state index >= 15 is 0 Å². The summed E-state index contributed by atoms with van der Waals surface area (Å²) in [6.07, 6.45) is 5.71. The Morgan fingerprint density at radius 1 is 1.25 bits per heavy atom. The Balaban J connectivity index is 1.51. The molecule has 6 heteroatoms. The number of rotatable bonds is 2. The summed E-state index contributed by atoms with van der Waals surface area (Å²) in [5.41, 5.74) is 1.95. The molecule has 24 heavy (non-hydrogen) atoms. The van der Waals surface area contributed by atoms with E-state index in [0.717, 1.165) is 50.3 Å². The molecule has 2 atom stereocenters. The maximum atomic E-state index is 12.6. The van der Waals surface area contributed by atoms with Crippen LogP contribution < -0.4 is 4.90 Å². The molecule has 2 saturated heterocycles. The van der Waals surface area contributed by atoms with Gasteiger partial charge in [0.15, 0.2) is 0 Å². The molecule has 4 rings (SSSR count). The second-order valence-corrected chi connectivity index (χ2v) is 7.04. The monoisotopic (exact) mass is 343 g/mol. The Morgan fingerprint density at radius 2 is 2.17 bits per heavy atom. The highest BCUT2D eigenvalue weighted by Gasteiger charge is 2.36. The van der Waals surface area contributed by atoms with Crippen LogP contribution in [0.4, 0.5) is 5.69 Å². The van der Waals surface area contributed by atoms with E-state index in [1.54, 1.807) is 17.5 Å². The Bertz CT molecular complexity index is 677. The van der Waals surface area contributed by atoms with Crippen LogP contribution in [0.3, 0.4) is 0 Å². The summed E-state index contributed by atoms with van der Waals surface area (Å²) in [6.45, 7) is 3.15. The average Bonchev–Trinajstić information content (AvgIpc) is 3.08. The molecule has 0 radical (unpaired) electrons. The SMILES string of the molecule is O=C(c1ccsc1)N1CC[C@@H]2[C@@H](CC1)OCCN2c1cccnc1. The number of carbonyl (C=O) groups excluding carboxylic acids is 1. The number of likely N-dealkylation sites (tertiary alicyclic amines) is 1. The van der Waals surface area contributed by atoms with Crippen LogP contribution >= 0.6 is 11.3 Å². The van der Waals surface area contributed by atoms with Crippen molar-refractivity contribution in [3.05, 3.63) is 46.9 Å². The molecular weight excluding hydrogens is 322 g/mol. The van der Waals surface area contributed by atoms with Crippen molar-refractivity contribution in [2.45, 2.75) is 25.0 Å². The lowest BCUT2D eigenvalue weighted by Gasteiger charge is -2.41. The van der Waals surface area contributed by atoms with Crippen LogP contribution in [0.2, 0.25) is 0 Å². The number of hydrogen-bond acceptors (Lipinski definition) is 5. The predicted molar refractivity (Wildman–Crippen MR) is 94.6 cm³/mol. The van der Waals surface area contributed by atoms with Gasteiger partial charge < -0.3 is 14.5 Å². The van der Waals surface area contributed by atoms with Gasteiger partial charge >= 0.3 is 0 Å². The second-order valence-electron chi connectivity index (χ2n) is 6.26. The minimum atomic E-state index is 0.142. The lowest BCUT2D eigenvalue weighted by atomic mass is 10.0. The molecule has 0 aliphatic carbocycles. The summed E-state index contributed by atoms with van der Waals surface area (Å²) in [5, 5.41) is 3.89. The summed E-state index contributed by atoms with van der Waals surface area (Å²) in [6, 6.07) is 6.30. The van der Waals surface area contributed by atoms with E-state index < -0.39 is 0 Å². The van der Waals surface area contributed by atoms with Gasteiger partial charge in [-0.25, -0.2) is 0 Å². The van der Waals surface area contributed by atoms with Gasteiger partial charge in [-0.3, -0.25) is 9.78 Å². The second kappa shape index (κ2) is 6.91. The van der Waals surface area contributed by atoms with Crippen LogP contribution in [0.5, 0.6) is 0 Å². The van der Waals surface area contributed by atoms with Crippen molar-refractivity contribution in [1.82, 2.24) is 9.88 Å². The molecule has 2 aliphatic heterocycles. The molecule has 0 N–H and O–H groups in total. The van der Waals surface area contributed by atoms with Crippen molar-refractivity contribution < 1.29 is 9.53 Å². The molecule has 5 nitrogen and oxygen atoms in total. The highest BCUT2D eigenvalue weighted by atomic mass is 32.1. The van der Waals surface area contributed by atoms with E-state index in [-0.39, 0.29) is 12.0 Å². The molecule has 0 bridgehead atoms. The summed E-state index contributed by atoms with van der Waals surface area (Å²) in [7, 11) is 0. The third kappa shape index (κ3) is 3.03. The van der Waals surface area contributed by atoms with Crippen molar-refractivity contribution in [2.24, 2.45) is 0 Å². The molecule has 2 fully saturated rings. The van der Waals surface area contributed by atoms with Crippen LogP contribution in [-0.2, 0) is 4.74 Å². The van der Waals surface area contributed by atoms with E-state index in [1.165, 1.54) is 0 Å². The van der Waals surface area contributed by atoms with E-state index in [4.69, 9.17) is 4.74 Å². The van der Waals surface area contributed by atoms with Crippen molar-refractivity contribution in [3.63, 3.8) is 0 Å². The minimum Gasteiger partial charge on any atom is -0.374 e. The molecule has 2 aliphatic rings. The number of nitrogens with zero attached hydrogens (tertiary/aromatic N) is 3. The normalized spacial score (nSPS) is 24.3. The zero-order valence-electron chi connectivity index (χ0n) is 13.5. The van der Waals surface area contributed by atoms with Crippen molar-refractivity contribution >= 4 is 22.9 Å². The fourth-order valence-corrected chi connectivity index (χ4v) is 4.33. The fraction of sp³-hybridized carbons (Fsp3) is 0.444. The molecular formula is C18H21N3O2S. The largest absolute Gasteiger partial charge is 0.374 e. The van der Waals surface area contributed by atoms with Gasteiger partial charge in [-0.1, -0.05) is 0 Å². The van der Waals surface area contributed by atoms with Gasteiger partial charge in [-0.05, 0) is 36.4 Å². The van der Waals surface area contributed by atoms with E-state index in [2.05, 4.69) is 16.0 Å². The first-order valence-corrected chi connectivity index (χ1v) is 9.37. The molecule has 0 spiro atoms. The van der Waals surface area contributed by atoms with Gasteiger partial charge in [0.25, 0.3) is 5.91 Å². The molecule has 126 valence electrons. The standard InChI is InChI=1S/C18H21N3O2S/c22-18(14-5-11-24-13-14)20-7-3-16-17(4-8-20)23-10-9-21(16)15-2-1-6-19-12-15/h1-2,5-6,11-13,16-17H,3-4,7-10H2/t16-,17-/m1/s1. The van der Waals surface area contributed by atoms with Crippen LogP contribution in [0.15, 0.2) is 41.4 Å². The van der Waals surface area contributed by atoms with Gasteiger partial charge in [0, 0.05) is 31.2 Å². The Kier molecular flexibility index (Phi) is 4.49. The topological polar surface area (TPSA) is 45.7 Å². The van der Waals surface area contributed by atoms with Crippen molar-refractivity contribution in [3.8, 4) is 0 Å². The highest BCUT2D eigenvalue weighted by Crippen LogP contribution is 2.28. The molecule has 2 aromatic heterocycles. The molecule has 2 aromatic rings. The first-order valence-electron chi connectivity index (χ1n) is 8.42. The number of thiophene rings is 1. The van der Waals surface area contributed by atoms with Crippen LogP contribution in [0, 0.1) is 0 Å². The van der Waals surface area contributed by atoms with Gasteiger partial charge in [-0.15, -0.1) is 0 Å². The third-order valence-electron chi connectivity index (χ3n) is 4.90. The molecule has 1 amide bonds. The summed E-state index contributed by atoms with van der Waals surface area (Å²) >= 11 is 1.57. The number of anilines is 1. The maximum absolute atomic E-state index is 12.6. The van der Waals surface area contributed by atoms with Crippen molar-refractivity contribution in [1.29, 1.82) is 0 Å². The number of fused-ring (bicyclic) bond motifs is 1.